The van der Waals surface area contributed by atoms with Gasteiger partial charge in [0.05, 0.1) is 18.0 Å². The van der Waals surface area contributed by atoms with E-state index in [4.69, 9.17) is 10.8 Å². The number of carboxylic acid groups (broad SMARTS) is 1. The van der Waals surface area contributed by atoms with Gasteiger partial charge in [0.25, 0.3) is 5.91 Å². The molecule has 0 radical (unpaired) electrons. The fourth-order valence-electron chi connectivity index (χ4n) is 3.05. The summed E-state index contributed by atoms with van der Waals surface area (Å²) < 4.78 is 1.54. The van der Waals surface area contributed by atoms with Crippen LogP contribution in [0.15, 0.2) is 36.5 Å². The Hall–Kier alpha value is -3.54. The van der Waals surface area contributed by atoms with Crippen LogP contribution >= 0.6 is 0 Å². The molecule has 9 heteroatoms. The average Bonchev–Trinajstić information content (AvgIpc) is 3.05. The van der Waals surface area contributed by atoms with Gasteiger partial charge in [-0.3, -0.25) is 9.48 Å². The number of carbonyl (C=O) groups is 2. The van der Waals surface area contributed by atoms with Crippen molar-refractivity contribution in [1.82, 2.24) is 14.7 Å². The van der Waals surface area contributed by atoms with Gasteiger partial charge >= 0.3 is 6.09 Å². The van der Waals surface area contributed by atoms with E-state index >= 15 is 0 Å². The van der Waals surface area contributed by atoms with Crippen LogP contribution in [-0.4, -0.2) is 44.9 Å². The molecule has 4 N–H and O–H groups in total. The van der Waals surface area contributed by atoms with Crippen molar-refractivity contribution in [3.8, 4) is 6.07 Å². The number of piperidine rings is 1. The van der Waals surface area contributed by atoms with Gasteiger partial charge in [0.1, 0.15) is 5.56 Å². The minimum Gasteiger partial charge on any atom is -0.465 e. The zero-order valence-corrected chi connectivity index (χ0v) is 13.9. The number of nitrogens with zero attached hydrogens (tertiary/aromatic N) is 4. The molecule has 1 aliphatic heterocycles. The lowest BCUT2D eigenvalue weighted by atomic mass is 9.94. The number of nitrogens with one attached hydrogen (secondary N) is 1. The zero-order chi connectivity index (χ0) is 18.7. The van der Waals surface area contributed by atoms with Gasteiger partial charge in [0.15, 0.2) is 5.82 Å². The molecule has 0 bridgehead atoms. The monoisotopic (exact) mass is 354 g/mol. The predicted molar refractivity (Wildman–Crippen MR) is 92.8 cm³/mol. The highest BCUT2D eigenvalue weighted by molar-refractivity contribution is 5.98. The van der Waals surface area contributed by atoms with Gasteiger partial charge in [0.2, 0.25) is 0 Å². The molecule has 1 saturated heterocycles. The molecule has 9 nitrogen and oxygen atoms in total. The summed E-state index contributed by atoms with van der Waals surface area (Å²) in [5.41, 5.74) is 6.42. The summed E-state index contributed by atoms with van der Waals surface area (Å²) in [6.07, 6.45) is 0.891. The second-order valence-corrected chi connectivity index (χ2v) is 6.05. The van der Waals surface area contributed by atoms with Crippen molar-refractivity contribution >= 4 is 23.5 Å². The van der Waals surface area contributed by atoms with Crippen LogP contribution in [0.2, 0.25) is 0 Å². The first kappa shape index (κ1) is 17.3. The molecular weight excluding hydrogens is 336 g/mol. The van der Waals surface area contributed by atoms with Crippen LogP contribution in [-0.2, 0) is 0 Å². The van der Waals surface area contributed by atoms with Gasteiger partial charge in [-0.05, 0) is 18.6 Å². The number of amides is 2. The Kier molecular flexibility index (Phi) is 4.75. The van der Waals surface area contributed by atoms with E-state index < -0.39 is 17.9 Å². The average molecular weight is 354 g/mol. The number of nitrogens with two attached hydrogens (primary N) is 1. The Morgan fingerprint density at radius 1 is 1.35 bits per heavy atom. The molecule has 2 amide bonds. The number of anilines is 2. The molecule has 1 fully saturated rings. The summed E-state index contributed by atoms with van der Waals surface area (Å²) in [7, 11) is 0. The number of rotatable bonds is 4. The number of hydrogen-bond donors (Lipinski definition) is 3. The molecule has 0 aliphatic carbocycles. The van der Waals surface area contributed by atoms with Crippen molar-refractivity contribution < 1.29 is 14.7 Å². The molecule has 1 aromatic carbocycles. The summed E-state index contributed by atoms with van der Waals surface area (Å²) in [5.74, 6) is -0.891. The zero-order valence-electron chi connectivity index (χ0n) is 13.9. The van der Waals surface area contributed by atoms with Crippen LogP contribution in [0.4, 0.5) is 16.3 Å². The van der Waals surface area contributed by atoms with Crippen LogP contribution in [0.5, 0.6) is 0 Å². The largest absolute Gasteiger partial charge is 0.465 e. The van der Waals surface area contributed by atoms with Crippen molar-refractivity contribution in [3.63, 3.8) is 0 Å². The van der Waals surface area contributed by atoms with E-state index in [0.29, 0.717) is 18.8 Å². The van der Waals surface area contributed by atoms with Crippen molar-refractivity contribution in [2.45, 2.75) is 12.5 Å². The van der Waals surface area contributed by atoms with Gasteiger partial charge in [0, 0.05) is 25.0 Å². The molecule has 0 spiro atoms. The third-order valence-electron chi connectivity index (χ3n) is 4.39. The van der Waals surface area contributed by atoms with Crippen LogP contribution in [0.3, 0.4) is 0 Å². The standard InChI is InChI=1S/C17H18N6O3/c18-8-11-9-22(17(25)26)7-6-14(11)23-10-13(15(19)24)16(21-23)20-12-4-2-1-3-5-12/h1-5,10-11,14H,6-7,9H2,(H2,19,24)(H,20,21)(H,25,26)/t11-,14-/m0/s1. The van der Waals surface area contributed by atoms with Crippen molar-refractivity contribution in [1.29, 1.82) is 5.26 Å². The molecule has 0 unspecified atom stereocenters. The Morgan fingerprint density at radius 3 is 2.69 bits per heavy atom. The van der Waals surface area contributed by atoms with E-state index in [1.807, 2.05) is 30.3 Å². The number of para-hydroxylation sites is 1. The molecule has 3 rings (SSSR count). The topological polar surface area (TPSA) is 137 Å². The first-order valence-electron chi connectivity index (χ1n) is 8.08. The number of primary amides is 1. The van der Waals surface area contributed by atoms with Crippen LogP contribution in [0.25, 0.3) is 0 Å². The lowest BCUT2D eigenvalue weighted by Gasteiger charge is -2.33. The molecule has 0 saturated carbocycles. The van der Waals surface area contributed by atoms with Gasteiger partial charge in [-0.15, -0.1) is 0 Å². The lowest BCUT2D eigenvalue weighted by Crippen LogP contribution is -2.43. The molecule has 1 aliphatic rings. The second-order valence-electron chi connectivity index (χ2n) is 6.05. The molecule has 2 heterocycles. The Morgan fingerprint density at radius 2 is 2.08 bits per heavy atom. The Labute approximate surface area is 149 Å². The quantitative estimate of drug-likeness (QED) is 0.765. The van der Waals surface area contributed by atoms with E-state index in [-0.39, 0.29) is 18.2 Å². The fourth-order valence-corrected chi connectivity index (χ4v) is 3.05. The highest BCUT2D eigenvalue weighted by atomic mass is 16.4. The highest BCUT2D eigenvalue weighted by Gasteiger charge is 2.34. The van der Waals surface area contributed by atoms with E-state index in [1.54, 1.807) is 4.68 Å². The molecule has 1 aromatic heterocycles. The van der Waals surface area contributed by atoms with E-state index in [2.05, 4.69) is 16.5 Å². The maximum absolute atomic E-state index is 11.8. The van der Waals surface area contributed by atoms with E-state index in [9.17, 15) is 14.9 Å². The fraction of sp³-hybridized carbons (Fsp3) is 0.294. The van der Waals surface area contributed by atoms with Gasteiger partial charge in [-0.25, -0.2) is 4.79 Å². The third-order valence-corrected chi connectivity index (χ3v) is 4.39. The molecule has 2 atom stereocenters. The minimum atomic E-state index is -1.05. The summed E-state index contributed by atoms with van der Waals surface area (Å²) in [4.78, 5) is 24.1. The molecule has 134 valence electrons. The van der Waals surface area contributed by atoms with Crippen molar-refractivity contribution in [2.24, 2.45) is 11.7 Å². The van der Waals surface area contributed by atoms with E-state index in [0.717, 1.165) is 5.69 Å². The predicted octanol–water partition coefficient (Wildman–Crippen LogP) is 1.79. The smallest absolute Gasteiger partial charge is 0.407 e. The third kappa shape index (κ3) is 3.44. The van der Waals surface area contributed by atoms with Gasteiger partial charge in [-0.2, -0.15) is 10.4 Å². The van der Waals surface area contributed by atoms with E-state index in [1.165, 1.54) is 11.1 Å². The van der Waals surface area contributed by atoms with Gasteiger partial charge in [-0.1, -0.05) is 18.2 Å². The number of aromatic nitrogens is 2. The SMILES string of the molecule is N#C[C@H]1CN(C(=O)O)CC[C@@H]1n1cc(C(N)=O)c(Nc2ccccc2)n1. The van der Waals surface area contributed by atoms with Crippen LogP contribution < -0.4 is 11.1 Å². The number of carbonyl (C=O) groups excluding carboxylic acids is 1. The second kappa shape index (κ2) is 7.14. The van der Waals surface area contributed by atoms with Gasteiger partial charge < -0.3 is 21.1 Å². The van der Waals surface area contributed by atoms with Crippen molar-refractivity contribution in [3.05, 3.63) is 42.1 Å². The number of hydrogen-bond acceptors (Lipinski definition) is 5. The maximum atomic E-state index is 11.8. The van der Waals surface area contributed by atoms with Crippen LogP contribution in [0, 0.1) is 17.2 Å². The van der Waals surface area contributed by atoms with Crippen LogP contribution in [0.1, 0.15) is 22.8 Å². The summed E-state index contributed by atoms with van der Waals surface area (Å²) in [6, 6.07) is 11.0. The van der Waals surface area contributed by atoms with Crippen molar-refractivity contribution in [2.75, 3.05) is 18.4 Å². The minimum absolute atomic E-state index is 0.101. The normalized spacial score (nSPS) is 19.6. The molecule has 2 aromatic rings. The summed E-state index contributed by atoms with van der Waals surface area (Å²) in [5, 5.41) is 26.0. The molecular formula is C17H18N6O3. The Bertz CT molecular complexity index is 857. The number of nitriles is 1. The highest BCUT2D eigenvalue weighted by Crippen LogP contribution is 2.30. The number of likely N-dealkylation sites (tertiary alicyclic amines) is 1. The summed E-state index contributed by atoms with van der Waals surface area (Å²) in [6.45, 7) is 0.398. The summed E-state index contributed by atoms with van der Waals surface area (Å²) >= 11 is 0. The Balaban J connectivity index is 1.88. The lowest BCUT2D eigenvalue weighted by molar-refractivity contribution is 0.100. The molecule has 26 heavy (non-hydrogen) atoms. The number of benzene rings is 1. The first-order valence-corrected chi connectivity index (χ1v) is 8.08. The first-order chi connectivity index (χ1) is 12.5. The maximum Gasteiger partial charge on any atom is 0.407 e.